The van der Waals surface area contributed by atoms with Gasteiger partial charge in [-0.15, -0.1) is 0 Å². The summed E-state index contributed by atoms with van der Waals surface area (Å²) in [5.74, 6) is 0. The van der Waals surface area contributed by atoms with E-state index < -0.39 is 0 Å². The largest absolute Gasteiger partial charge is 0.395 e. The molecule has 3 nitrogen and oxygen atoms in total. The second-order valence-corrected chi connectivity index (χ2v) is 4.70. The second kappa shape index (κ2) is 5.88. The minimum absolute atomic E-state index is 0.0825. The molecule has 0 radical (unpaired) electrons. The van der Waals surface area contributed by atoms with Crippen LogP contribution in [0.25, 0.3) is 0 Å². The van der Waals surface area contributed by atoms with Crippen LogP contribution in [0.15, 0.2) is 22.7 Å². The minimum Gasteiger partial charge on any atom is -0.395 e. The summed E-state index contributed by atoms with van der Waals surface area (Å²) in [6, 6.07) is 8.03. The number of nitriles is 1. The molecule has 1 rings (SSSR count). The Kier molecular flexibility index (Phi) is 4.78. The third kappa shape index (κ3) is 2.97. The van der Waals surface area contributed by atoms with Crippen LogP contribution in [0.3, 0.4) is 0 Å². The molecule has 0 aliphatic heterocycles. The normalized spacial score (nSPS) is 10.2. The van der Waals surface area contributed by atoms with Gasteiger partial charge in [-0.1, -0.05) is 15.9 Å². The van der Waals surface area contributed by atoms with Gasteiger partial charge in [0.05, 0.1) is 17.9 Å². The highest BCUT2D eigenvalue weighted by atomic mass is 79.9. The number of aliphatic hydroxyl groups is 1. The fraction of sp³-hybridized carbons (Fsp3) is 0.417. The van der Waals surface area contributed by atoms with Crippen LogP contribution in [0, 0.1) is 11.3 Å². The second-order valence-electron chi connectivity index (χ2n) is 3.78. The molecule has 0 saturated carbocycles. The van der Waals surface area contributed by atoms with Gasteiger partial charge in [0.15, 0.2) is 0 Å². The fourth-order valence-electron chi connectivity index (χ4n) is 1.61. The Morgan fingerprint density at radius 3 is 2.69 bits per heavy atom. The van der Waals surface area contributed by atoms with Crippen molar-refractivity contribution in [1.29, 1.82) is 5.26 Å². The predicted octanol–water partition coefficient (Wildman–Crippen LogP) is 2.53. The van der Waals surface area contributed by atoms with Crippen molar-refractivity contribution >= 4 is 21.6 Å². The minimum atomic E-state index is 0.0825. The average molecular weight is 283 g/mol. The first-order valence-corrected chi connectivity index (χ1v) is 5.96. The summed E-state index contributed by atoms with van der Waals surface area (Å²) < 4.78 is 0.889. The maximum absolute atomic E-state index is 9.08. The highest BCUT2D eigenvalue weighted by molar-refractivity contribution is 9.10. The Bertz CT molecular complexity index is 398. The van der Waals surface area contributed by atoms with E-state index >= 15 is 0 Å². The van der Waals surface area contributed by atoms with Crippen molar-refractivity contribution in [3.8, 4) is 6.07 Å². The summed E-state index contributed by atoms with van der Waals surface area (Å²) in [6.45, 7) is 4.70. The summed E-state index contributed by atoms with van der Waals surface area (Å²) in [5.41, 5.74) is 1.49. The number of aliphatic hydroxyl groups excluding tert-OH is 1. The number of rotatable bonds is 4. The molecular formula is C12H15BrN2O. The van der Waals surface area contributed by atoms with Gasteiger partial charge in [0, 0.05) is 17.1 Å². The van der Waals surface area contributed by atoms with Crippen molar-refractivity contribution in [1.82, 2.24) is 0 Å². The fourth-order valence-corrected chi connectivity index (χ4v) is 1.97. The smallest absolute Gasteiger partial charge is 0.101 e. The highest BCUT2D eigenvalue weighted by Gasteiger charge is 2.14. The molecule has 0 amide bonds. The number of hydrogen-bond acceptors (Lipinski definition) is 3. The Balaban J connectivity index is 3.14. The topological polar surface area (TPSA) is 47.3 Å². The standard InChI is InChI=1S/C12H15BrN2O/c1-9(2)15(5-6-16)12-4-3-11(13)7-10(12)8-14/h3-4,7,9,16H,5-6H2,1-2H3. The van der Waals surface area contributed by atoms with E-state index in [1.165, 1.54) is 0 Å². The van der Waals surface area contributed by atoms with Crippen molar-refractivity contribution in [3.63, 3.8) is 0 Å². The van der Waals surface area contributed by atoms with E-state index in [0.29, 0.717) is 12.1 Å². The zero-order valence-corrected chi connectivity index (χ0v) is 11.0. The molecule has 0 spiro atoms. The third-order valence-electron chi connectivity index (χ3n) is 2.35. The Morgan fingerprint density at radius 2 is 2.19 bits per heavy atom. The Hall–Kier alpha value is -1.05. The highest BCUT2D eigenvalue weighted by Crippen LogP contribution is 2.25. The van der Waals surface area contributed by atoms with Crippen LogP contribution in [0.4, 0.5) is 5.69 Å². The summed E-state index contributed by atoms with van der Waals surface area (Å²) in [5, 5.41) is 18.1. The lowest BCUT2D eigenvalue weighted by Gasteiger charge is -2.29. The van der Waals surface area contributed by atoms with Crippen LogP contribution >= 0.6 is 15.9 Å². The van der Waals surface area contributed by atoms with Crippen molar-refractivity contribution in [2.45, 2.75) is 19.9 Å². The molecule has 16 heavy (non-hydrogen) atoms. The van der Waals surface area contributed by atoms with E-state index in [4.69, 9.17) is 10.4 Å². The molecule has 1 aromatic carbocycles. The lowest BCUT2D eigenvalue weighted by molar-refractivity contribution is 0.299. The lowest BCUT2D eigenvalue weighted by Crippen LogP contribution is -2.33. The summed E-state index contributed by atoms with van der Waals surface area (Å²) >= 11 is 3.34. The van der Waals surface area contributed by atoms with Gasteiger partial charge >= 0.3 is 0 Å². The number of nitrogens with zero attached hydrogens (tertiary/aromatic N) is 2. The van der Waals surface area contributed by atoms with Gasteiger partial charge in [-0.05, 0) is 32.0 Å². The molecule has 0 aliphatic rings. The summed E-state index contributed by atoms with van der Waals surface area (Å²) in [4.78, 5) is 2.02. The Morgan fingerprint density at radius 1 is 1.50 bits per heavy atom. The predicted molar refractivity (Wildman–Crippen MR) is 68.4 cm³/mol. The molecule has 0 aromatic heterocycles. The molecule has 0 saturated heterocycles. The van der Waals surface area contributed by atoms with Crippen molar-refractivity contribution < 1.29 is 5.11 Å². The van der Waals surface area contributed by atoms with Crippen LogP contribution in [0.5, 0.6) is 0 Å². The van der Waals surface area contributed by atoms with Gasteiger partial charge in [0.2, 0.25) is 0 Å². The molecule has 0 aliphatic carbocycles. The first-order valence-electron chi connectivity index (χ1n) is 5.17. The Labute approximate surface area is 104 Å². The van der Waals surface area contributed by atoms with Gasteiger partial charge in [0.1, 0.15) is 6.07 Å². The van der Waals surface area contributed by atoms with Gasteiger partial charge < -0.3 is 10.0 Å². The average Bonchev–Trinajstić information content (AvgIpc) is 2.26. The molecule has 0 heterocycles. The number of benzene rings is 1. The molecular weight excluding hydrogens is 268 g/mol. The molecule has 1 aromatic rings. The first kappa shape index (κ1) is 13.0. The van der Waals surface area contributed by atoms with Crippen LogP contribution in [0.2, 0.25) is 0 Å². The van der Waals surface area contributed by atoms with Crippen LogP contribution < -0.4 is 4.90 Å². The molecule has 0 bridgehead atoms. The van der Waals surface area contributed by atoms with Crippen molar-refractivity contribution in [3.05, 3.63) is 28.2 Å². The van der Waals surface area contributed by atoms with E-state index in [0.717, 1.165) is 10.2 Å². The molecule has 0 fully saturated rings. The zero-order chi connectivity index (χ0) is 12.1. The third-order valence-corrected chi connectivity index (χ3v) is 2.85. The van der Waals surface area contributed by atoms with Crippen molar-refractivity contribution in [2.75, 3.05) is 18.1 Å². The maximum atomic E-state index is 9.08. The number of hydrogen-bond donors (Lipinski definition) is 1. The molecule has 86 valence electrons. The van der Waals surface area contributed by atoms with E-state index in [2.05, 4.69) is 22.0 Å². The van der Waals surface area contributed by atoms with Crippen LogP contribution in [0.1, 0.15) is 19.4 Å². The monoisotopic (exact) mass is 282 g/mol. The SMILES string of the molecule is CC(C)N(CCO)c1ccc(Br)cc1C#N. The van der Waals surface area contributed by atoms with Crippen LogP contribution in [-0.4, -0.2) is 24.3 Å². The number of anilines is 1. The van der Waals surface area contributed by atoms with E-state index in [-0.39, 0.29) is 12.6 Å². The van der Waals surface area contributed by atoms with E-state index in [1.807, 2.05) is 30.9 Å². The van der Waals surface area contributed by atoms with Gasteiger partial charge in [0.25, 0.3) is 0 Å². The van der Waals surface area contributed by atoms with Gasteiger partial charge in [-0.25, -0.2) is 0 Å². The molecule has 0 unspecified atom stereocenters. The zero-order valence-electron chi connectivity index (χ0n) is 9.44. The summed E-state index contributed by atoms with van der Waals surface area (Å²) in [7, 11) is 0. The first-order chi connectivity index (χ1) is 7.60. The van der Waals surface area contributed by atoms with Crippen LogP contribution in [-0.2, 0) is 0 Å². The summed E-state index contributed by atoms with van der Waals surface area (Å²) in [6.07, 6.45) is 0. The van der Waals surface area contributed by atoms with E-state index in [1.54, 1.807) is 6.07 Å². The van der Waals surface area contributed by atoms with E-state index in [9.17, 15) is 0 Å². The van der Waals surface area contributed by atoms with Gasteiger partial charge in [-0.3, -0.25) is 0 Å². The molecule has 0 atom stereocenters. The molecule has 4 heteroatoms. The maximum Gasteiger partial charge on any atom is 0.101 e. The van der Waals surface area contributed by atoms with Crippen molar-refractivity contribution in [2.24, 2.45) is 0 Å². The van der Waals surface area contributed by atoms with Gasteiger partial charge in [-0.2, -0.15) is 5.26 Å². The number of halogens is 1. The quantitative estimate of drug-likeness (QED) is 0.923. The lowest BCUT2D eigenvalue weighted by atomic mass is 10.1. The molecule has 1 N–H and O–H groups in total.